The van der Waals surface area contributed by atoms with Crippen LogP contribution in [-0.4, -0.2) is 119 Å². The first-order valence-corrected chi connectivity index (χ1v) is 44.7. The van der Waals surface area contributed by atoms with Crippen LogP contribution in [0.5, 0.6) is 0 Å². The summed E-state index contributed by atoms with van der Waals surface area (Å²) >= 11 is 0. The van der Waals surface area contributed by atoms with Gasteiger partial charge >= 0.3 is 24.1 Å². The number of hydrogen-bond acceptors (Lipinski definition) is 26. The van der Waals surface area contributed by atoms with Crippen molar-refractivity contribution in [1.82, 2.24) is 83.8 Å². The SMILES string of the molecule is CC1(c2cc(NC(=O)Nc3c(F)cc(-c4cn(C5CC5)c5ncnc(N)c45)cc3F)on2)CC1.CC1(c2cc(NC(=O)Nc3ccc(-c4cn(C5CC(O)C5)c5ncnc(N)c45)cc3F)on2)CC1.Cc1cc(-c2cn(C3CC3)c3ncnc(N)c23)ccc1NC(=O)Nc1cc(C2(C)CC2)no1.Cc1cc(-c2cn(C3CC3)c3ncnc(N)c23)ncc1NC(=O)Nc1cc(C2(C)CC2)no1. The van der Waals surface area contributed by atoms with Gasteiger partial charge in [0.25, 0.3) is 0 Å². The number of urea groups is 4. The van der Waals surface area contributed by atoms with Crippen molar-refractivity contribution in [2.24, 2.45) is 0 Å². The van der Waals surface area contributed by atoms with Gasteiger partial charge in [-0.2, -0.15) is 0 Å². The van der Waals surface area contributed by atoms with Gasteiger partial charge < -0.3 is 85.7 Å². The highest BCUT2D eigenvalue weighted by Crippen LogP contribution is 2.53. The Kier molecular flexibility index (Phi) is 21.1. The fraction of sp³-hybridized carbons (Fsp3) is 0.330. The molecule has 135 heavy (non-hydrogen) atoms. The number of amides is 8. The molecule has 16 aromatic rings. The number of pyridine rings is 1. The number of fused-ring (bicyclic) bond motifs is 4. The zero-order valence-corrected chi connectivity index (χ0v) is 74.2. The van der Waals surface area contributed by atoms with E-state index in [1.54, 1.807) is 42.7 Å². The fourth-order valence-corrected chi connectivity index (χ4v) is 17.0. The number of anilines is 12. The summed E-state index contributed by atoms with van der Waals surface area (Å²) in [7, 11) is 0. The predicted octanol–water partition coefficient (Wildman–Crippen LogP) is 18.6. The lowest BCUT2D eigenvalue weighted by Crippen LogP contribution is -2.30. The lowest BCUT2D eigenvalue weighted by molar-refractivity contribution is 0.0501. The van der Waals surface area contributed by atoms with Gasteiger partial charge in [-0.05, 0) is 187 Å². The first kappa shape index (κ1) is 85.9. The molecule has 8 amide bonds. The average molecular weight is 1830 g/mol. The second-order valence-electron chi connectivity index (χ2n) is 37.4. The van der Waals surface area contributed by atoms with Crippen molar-refractivity contribution >= 4 is 138 Å². The molecular formula is C94H94F3N29O9. The van der Waals surface area contributed by atoms with Crippen molar-refractivity contribution in [2.45, 2.75) is 196 Å². The van der Waals surface area contributed by atoms with Gasteiger partial charge in [-0.1, -0.05) is 60.5 Å². The number of rotatable bonds is 20. The molecule has 8 saturated carbocycles. The first-order valence-electron chi connectivity index (χ1n) is 44.7. The number of carbonyl (C=O) groups is 4. The minimum Gasteiger partial charge on any atom is -0.393 e. The largest absolute Gasteiger partial charge is 0.393 e. The van der Waals surface area contributed by atoms with Gasteiger partial charge in [0.05, 0.1) is 73.7 Å². The normalized spacial score (nSPS) is 17.6. The molecule has 8 aliphatic rings. The maximum atomic E-state index is 15.0. The van der Waals surface area contributed by atoms with Crippen LogP contribution in [0.3, 0.4) is 0 Å². The number of aryl methyl sites for hydroxylation is 2. The van der Waals surface area contributed by atoms with Gasteiger partial charge in [-0.25, -0.2) is 72.2 Å². The maximum Gasteiger partial charge on any atom is 0.326 e. The van der Waals surface area contributed by atoms with Crippen LogP contribution in [0.1, 0.15) is 188 Å². The second kappa shape index (κ2) is 33.2. The number of halogens is 3. The van der Waals surface area contributed by atoms with E-state index in [1.807, 2.05) is 60.4 Å². The van der Waals surface area contributed by atoms with Crippen LogP contribution in [0.4, 0.5) is 102 Å². The number of nitrogens with one attached hydrogen (secondary N) is 8. The number of nitrogen functional groups attached to an aromatic ring is 4. The number of aromatic nitrogens is 17. The van der Waals surface area contributed by atoms with E-state index < -0.39 is 41.2 Å². The van der Waals surface area contributed by atoms with E-state index in [-0.39, 0.29) is 80.5 Å². The van der Waals surface area contributed by atoms with Gasteiger partial charge in [0, 0.05) is 123 Å². The average Bonchev–Trinajstić information content (AvgIpc) is 1.64. The summed E-state index contributed by atoms with van der Waals surface area (Å²) in [6, 6.07) is 20.5. The van der Waals surface area contributed by atoms with Crippen LogP contribution in [0, 0.1) is 31.3 Å². The third-order valence-corrected chi connectivity index (χ3v) is 26.9. The number of aliphatic hydroxyl groups is 1. The van der Waals surface area contributed by atoms with Crippen LogP contribution in [0.25, 0.3) is 88.8 Å². The molecule has 38 nitrogen and oxygen atoms in total. The lowest BCUT2D eigenvalue weighted by atomic mass is 9.89. The van der Waals surface area contributed by atoms with E-state index in [0.29, 0.717) is 98.5 Å². The van der Waals surface area contributed by atoms with Crippen molar-refractivity contribution in [2.75, 3.05) is 65.5 Å². The zero-order chi connectivity index (χ0) is 93.4. The summed E-state index contributed by atoms with van der Waals surface area (Å²) in [6.45, 7) is 12.3. The summed E-state index contributed by atoms with van der Waals surface area (Å²) in [5.74, 6) is -0.0968. The Bertz CT molecular complexity index is 7200. The standard InChI is InChI=1S/C24H24FN7O3.C24H25N7O2.C23H21F2N7O2.C23H24N8O2/c1-24(4-5-24)18-9-19(35-31-18)30-23(34)29-17-3-2-12(6-16(17)25)15-10-32(13-7-14(33)8-13)22-20(15)21(26)27-11-28-22;1-13-9-14(16-11-31(15-4-5-15)22-20(16)21(25)26-12-27-22)3-6-17(13)28-23(32)29-19-10-18(30-33-19)24(2)7-8-24;1-23(4-5-23)16-8-17(34-31-16)29-22(33)30-19-14(24)6-11(7-15(19)25)13-9-32(12-2-3-12)21-18(13)20(26)27-10-28-21;1-12-7-15(14-10-31(13-3-4-13)21-19(14)20(24)26-11-27-21)25-9-16(12)28-22(32)29-18-8-17(30-33-18)23(2)5-6-23/h2-3,6,9-11,13-14,33H,4-5,7-8H2,1H3,(H2,26,27,28)(H2,29,30,34);3,6,9-12,15H,4-5,7-8H2,1-2H3,(H2,25,26,27)(H2,28,29,32);6-10,12H,2-5H2,1H3,(H2,26,27,28)(H2,29,30,33);7-11,13H,3-6H2,1-2H3,(H2,24,26,27)(H2,28,29,32). The van der Waals surface area contributed by atoms with E-state index in [4.69, 9.17) is 41.0 Å². The van der Waals surface area contributed by atoms with Gasteiger partial charge in [-0.15, -0.1) is 0 Å². The van der Waals surface area contributed by atoms with Crippen LogP contribution in [0.15, 0.2) is 153 Å². The maximum absolute atomic E-state index is 15.0. The quantitative estimate of drug-likeness (QED) is 0.0337. The Balaban J connectivity index is 0.000000108. The molecule has 8 aliphatic carbocycles. The Labute approximate surface area is 766 Å². The van der Waals surface area contributed by atoms with Crippen LogP contribution < -0.4 is 65.5 Å². The number of benzene rings is 3. The van der Waals surface area contributed by atoms with Gasteiger partial charge in [-0.3, -0.25) is 26.3 Å². The third kappa shape index (κ3) is 17.2. The zero-order valence-electron chi connectivity index (χ0n) is 74.2. The summed E-state index contributed by atoms with van der Waals surface area (Å²) < 4.78 is 74.1. The van der Waals surface area contributed by atoms with E-state index in [2.05, 4.69) is 150 Å². The molecular weight excluding hydrogens is 1740 g/mol. The molecule has 3 aromatic carbocycles. The molecule has 0 unspecified atom stereocenters. The molecule has 13 heterocycles. The van der Waals surface area contributed by atoms with Crippen molar-refractivity contribution in [1.29, 1.82) is 0 Å². The summed E-state index contributed by atoms with van der Waals surface area (Å²) in [6.07, 6.45) is 31.1. The minimum atomic E-state index is -0.934. The fourth-order valence-electron chi connectivity index (χ4n) is 17.0. The molecule has 13 aromatic heterocycles. The Morgan fingerprint density at radius 1 is 0.370 bits per heavy atom. The highest BCUT2D eigenvalue weighted by molar-refractivity contribution is 6.07. The number of nitrogens with zero attached hydrogens (tertiary/aromatic N) is 17. The number of hydrogen-bond donors (Lipinski definition) is 13. The minimum absolute atomic E-state index is 0.00946. The summed E-state index contributed by atoms with van der Waals surface area (Å²) in [5, 5.41) is 49.5. The van der Waals surface area contributed by atoms with Crippen LogP contribution in [0.2, 0.25) is 0 Å². The topological polar surface area (TPSA) is 529 Å². The molecule has 0 atom stereocenters. The molecule has 0 bridgehead atoms. The number of carbonyl (C=O) groups excluding carboxylic acids is 4. The molecule has 0 spiro atoms. The van der Waals surface area contributed by atoms with Crippen molar-refractivity contribution < 1.29 is 55.5 Å². The highest BCUT2D eigenvalue weighted by atomic mass is 19.1. The van der Waals surface area contributed by atoms with Crippen LogP contribution >= 0.6 is 0 Å². The van der Waals surface area contributed by atoms with E-state index in [0.717, 1.165) is 180 Å². The smallest absolute Gasteiger partial charge is 0.326 e. The van der Waals surface area contributed by atoms with Gasteiger partial charge in [0.1, 0.15) is 94.3 Å². The number of aliphatic hydroxyl groups excluding tert-OH is 1. The van der Waals surface area contributed by atoms with E-state index in [9.17, 15) is 33.1 Å². The first-order chi connectivity index (χ1) is 64.9. The number of nitrogens with two attached hydrogens (primary N) is 4. The molecule has 0 radical (unpaired) electrons. The molecule has 0 saturated heterocycles. The molecule has 41 heteroatoms. The Hall–Kier alpha value is -15.8. The predicted molar refractivity (Wildman–Crippen MR) is 499 cm³/mol. The van der Waals surface area contributed by atoms with Gasteiger partial charge in [0.15, 0.2) is 0 Å². The molecule has 8 fully saturated rings. The Morgan fingerprint density at radius 3 is 1.04 bits per heavy atom. The molecule has 0 aliphatic heterocycles. The second-order valence-corrected chi connectivity index (χ2v) is 37.4. The van der Waals surface area contributed by atoms with Gasteiger partial charge in [0.2, 0.25) is 23.5 Å². The monoisotopic (exact) mass is 1830 g/mol. The van der Waals surface area contributed by atoms with E-state index in [1.165, 1.54) is 37.4 Å². The van der Waals surface area contributed by atoms with Crippen molar-refractivity contribution in [3.63, 3.8) is 0 Å². The van der Waals surface area contributed by atoms with E-state index >= 15 is 4.39 Å². The highest BCUT2D eigenvalue weighted by Gasteiger charge is 2.46. The lowest BCUT2D eigenvalue weighted by Gasteiger charge is -2.32. The molecule has 690 valence electrons. The van der Waals surface area contributed by atoms with Crippen LogP contribution in [-0.2, 0) is 21.7 Å². The summed E-state index contributed by atoms with van der Waals surface area (Å²) in [4.78, 5) is 88.5. The van der Waals surface area contributed by atoms with Crippen molar-refractivity contribution in [3.05, 3.63) is 187 Å². The third-order valence-electron chi connectivity index (χ3n) is 26.9. The molecule has 17 N–H and O–H groups in total. The summed E-state index contributed by atoms with van der Waals surface area (Å²) in [5.41, 5.74) is 39.2. The molecule has 24 rings (SSSR count). The Morgan fingerprint density at radius 2 is 0.689 bits per heavy atom. The van der Waals surface area contributed by atoms with Crippen molar-refractivity contribution in [3.8, 4) is 44.6 Å².